The summed E-state index contributed by atoms with van der Waals surface area (Å²) in [6.45, 7) is 3.81. The molecule has 2 aliphatic rings. The smallest absolute Gasteiger partial charge is 0.104 e. The zero-order valence-corrected chi connectivity index (χ0v) is 12.0. The second-order valence-corrected chi connectivity index (χ2v) is 6.41. The average molecular weight is 312 g/mol. The molecule has 94 valence electrons. The number of rotatable bonds is 5. The number of hydrogen-bond acceptors (Lipinski definition) is 2. The van der Waals surface area contributed by atoms with E-state index in [1.165, 1.54) is 12.8 Å². The Balaban J connectivity index is 1.84. The van der Waals surface area contributed by atoms with E-state index in [1.54, 1.807) is 0 Å². The first-order valence-electron chi connectivity index (χ1n) is 6.23. The van der Waals surface area contributed by atoms with Crippen LogP contribution in [0.25, 0.3) is 0 Å². The summed E-state index contributed by atoms with van der Waals surface area (Å²) in [5.41, 5.74) is 0. The molecule has 2 nitrogen and oxygen atoms in total. The van der Waals surface area contributed by atoms with Crippen LogP contribution in [0.1, 0.15) is 32.6 Å². The molecule has 0 amide bonds. The van der Waals surface area contributed by atoms with Crippen LogP contribution in [0.15, 0.2) is 0 Å². The Morgan fingerprint density at radius 1 is 1.50 bits per heavy atom. The average Bonchev–Trinajstić information content (AvgIpc) is 3.08. The summed E-state index contributed by atoms with van der Waals surface area (Å²) in [5.74, 6) is 0.556. The zero-order chi connectivity index (χ0) is 11.5. The van der Waals surface area contributed by atoms with Crippen molar-refractivity contribution in [3.8, 4) is 0 Å². The van der Waals surface area contributed by atoms with Gasteiger partial charge in [0.05, 0.1) is 19.3 Å². The van der Waals surface area contributed by atoms with Gasteiger partial charge in [-0.1, -0.05) is 29.3 Å². The van der Waals surface area contributed by atoms with Crippen LogP contribution in [-0.2, 0) is 9.47 Å². The summed E-state index contributed by atoms with van der Waals surface area (Å²) in [7, 11) is 0. The van der Waals surface area contributed by atoms with Crippen molar-refractivity contribution in [3.63, 3.8) is 0 Å². The fraction of sp³-hybridized carbons (Fsp3) is 1.00. The molecule has 4 heteroatoms. The first kappa shape index (κ1) is 13.1. The lowest BCUT2D eigenvalue weighted by molar-refractivity contribution is -0.00525. The minimum absolute atomic E-state index is 0.258. The number of hydrogen-bond donors (Lipinski definition) is 0. The molecule has 3 unspecified atom stereocenters. The highest BCUT2D eigenvalue weighted by Crippen LogP contribution is 2.37. The van der Waals surface area contributed by atoms with Crippen LogP contribution < -0.4 is 0 Å². The van der Waals surface area contributed by atoms with Gasteiger partial charge in [-0.3, -0.25) is 0 Å². The van der Waals surface area contributed by atoms with Gasteiger partial charge in [-0.25, -0.2) is 0 Å². The first-order chi connectivity index (χ1) is 7.72. The third-order valence-electron chi connectivity index (χ3n) is 3.55. The van der Waals surface area contributed by atoms with Crippen LogP contribution in [0.5, 0.6) is 0 Å². The van der Waals surface area contributed by atoms with Crippen LogP contribution in [0.4, 0.5) is 0 Å². The van der Waals surface area contributed by atoms with Gasteiger partial charge in [0.15, 0.2) is 0 Å². The Hall–Kier alpha value is 0.690. The molecule has 16 heavy (non-hydrogen) atoms. The maximum atomic E-state index is 6.31. The van der Waals surface area contributed by atoms with Crippen LogP contribution in [0.2, 0.25) is 0 Å². The van der Waals surface area contributed by atoms with Crippen LogP contribution >= 0.6 is 27.5 Å². The lowest BCUT2D eigenvalue weighted by Crippen LogP contribution is -2.38. The summed E-state index contributed by atoms with van der Waals surface area (Å²) in [6.07, 6.45) is 5.32. The normalized spacial score (nSPS) is 40.7. The molecular weight excluding hydrogens is 291 g/mol. The second kappa shape index (κ2) is 6.03. The minimum atomic E-state index is 0.258. The second-order valence-electron chi connectivity index (χ2n) is 4.79. The Labute approximate surface area is 111 Å². The molecule has 1 aliphatic heterocycles. The molecule has 2 fully saturated rings. The third-order valence-corrected chi connectivity index (χ3v) is 5.66. The van der Waals surface area contributed by atoms with Crippen molar-refractivity contribution >= 4 is 27.5 Å². The zero-order valence-electron chi connectivity index (χ0n) is 9.70. The van der Waals surface area contributed by atoms with Gasteiger partial charge < -0.3 is 9.47 Å². The van der Waals surface area contributed by atoms with Crippen LogP contribution in [0, 0.1) is 5.92 Å². The lowest BCUT2D eigenvalue weighted by atomic mass is 9.84. The molecule has 0 N–H and O–H groups in total. The molecule has 0 aromatic heterocycles. The SMILES string of the molecule is CC[C@@H](OC[C@H]1CO1)C1CCCC(Cl)C1Br. The van der Waals surface area contributed by atoms with Gasteiger partial charge in [0.1, 0.15) is 6.10 Å². The quantitative estimate of drug-likeness (QED) is 0.574. The first-order valence-corrected chi connectivity index (χ1v) is 7.59. The van der Waals surface area contributed by atoms with E-state index in [1.807, 2.05) is 0 Å². The highest BCUT2D eigenvalue weighted by atomic mass is 79.9. The highest BCUT2D eigenvalue weighted by molar-refractivity contribution is 9.09. The fourth-order valence-electron chi connectivity index (χ4n) is 2.47. The summed E-state index contributed by atoms with van der Waals surface area (Å²) >= 11 is 10.1. The molecule has 0 bridgehead atoms. The molecule has 1 heterocycles. The van der Waals surface area contributed by atoms with Crippen molar-refractivity contribution < 1.29 is 9.47 Å². The molecular formula is C12H20BrClO2. The van der Waals surface area contributed by atoms with Gasteiger partial charge in [-0.2, -0.15) is 0 Å². The molecule has 5 atom stereocenters. The Morgan fingerprint density at radius 2 is 2.25 bits per heavy atom. The molecule has 0 aromatic carbocycles. The van der Waals surface area contributed by atoms with Gasteiger partial charge in [-0.15, -0.1) is 11.6 Å². The monoisotopic (exact) mass is 310 g/mol. The van der Waals surface area contributed by atoms with Gasteiger partial charge in [-0.05, 0) is 25.2 Å². The van der Waals surface area contributed by atoms with Crippen molar-refractivity contribution in [3.05, 3.63) is 0 Å². The molecule has 0 spiro atoms. The van der Waals surface area contributed by atoms with Crippen molar-refractivity contribution in [1.29, 1.82) is 0 Å². The fourth-order valence-corrected chi connectivity index (χ4v) is 3.68. The van der Waals surface area contributed by atoms with Gasteiger partial charge in [0.25, 0.3) is 0 Å². The lowest BCUT2D eigenvalue weighted by Gasteiger charge is -2.36. The van der Waals surface area contributed by atoms with Gasteiger partial charge in [0.2, 0.25) is 0 Å². The van der Waals surface area contributed by atoms with E-state index < -0.39 is 0 Å². The maximum Gasteiger partial charge on any atom is 0.104 e. The Bertz CT molecular complexity index is 223. The largest absolute Gasteiger partial charge is 0.375 e. The van der Waals surface area contributed by atoms with E-state index in [-0.39, 0.29) is 5.38 Å². The Morgan fingerprint density at radius 3 is 2.88 bits per heavy atom. The molecule has 1 aliphatic carbocycles. The number of ether oxygens (including phenoxy) is 2. The summed E-state index contributed by atoms with van der Waals surface area (Å²) < 4.78 is 11.1. The van der Waals surface area contributed by atoms with Crippen molar-refractivity contribution in [2.45, 2.75) is 55.0 Å². The summed E-state index contributed by atoms with van der Waals surface area (Å²) in [6, 6.07) is 0. The van der Waals surface area contributed by atoms with E-state index >= 15 is 0 Å². The van der Waals surface area contributed by atoms with Crippen molar-refractivity contribution in [1.82, 2.24) is 0 Å². The Kier molecular flexibility index (Phi) is 4.95. The molecule has 0 aromatic rings. The van der Waals surface area contributed by atoms with Crippen molar-refractivity contribution in [2.24, 2.45) is 5.92 Å². The van der Waals surface area contributed by atoms with Gasteiger partial charge >= 0.3 is 0 Å². The summed E-state index contributed by atoms with van der Waals surface area (Å²) in [5, 5.41) is 0.258. The van der Waals surface area contributed by atoms with Gasteiger partial charge in [0, 0.05) is 10.2 Å². The predicted octanol–water partition coefficient (Wildman–Crippen LogP) is 3.35. The van der Waals surface area contributed by atoms with E-state index in [0.29, 0.717) is 23.0 Å². The van der Waals surface area contributed by atoms with E-state index in [2.05, 4.69) is 22.9 Å². The van der Waals surface area contributed by atoms with Crippen LogP contribution in [-0.4, -0.2) is 35.6 Å². The standard InChI is InChI=1S/C12H20BrClO2/c1-2-11(16-7-8-6-15-8)9-4-3-5-10(14)12(9)13/h8-12H,2-7H2,1H3/t8-,9?,10?,11-,12?/m1/s1. The van der Waals surface area contributed by atoms with Crippen molar-refractivity contribution in [2.75, 3.05) is 13.2 Å². The number of alkyl halides is 2. The minimum Gasteiger partial charge on any atom is -0.375 e. The maximum absolute atomic E-state index is 6.31. The third kappa shape index (κ3) is 3.34. The summed E-state index contributed by atoms with van der Waals surface area (Å²) in [4.78, 5) is 0.396. The van der Waals surface area contributed by atoms with Crippen LogP contribution in [0.3, 0.4) is 0 Å². The molecule has 2 rings (SSSR count). The molecule has 1 saturated heterocycles. The van der Waals surface area contributed by atoms with E-state index in [0.717, 1.165) is 26.1 Å². The topological polar surface area (TPSA) is 21.8 Å². The number of epoxide rings is 1. The van der Waals surface area contributed by atoms with E-state index in [4.69, 9.17) is 21.1 Å². The molecule has 1 saturated carbocycles. The number of halogens is 2. The highest BCUT2D eigenvalue weighted by Gasteiger charge is 2.36. The predicted molar refractivity (Wildman–Crippen MR) is 69.5 cm³/mol. The van der Waals surface area contributed by atoms with E-state index in [9.17, 15) is 0 Å². The molecule has 0 radical (unpaired) electrons.